The van der Waals surface area contributed by atoms with Crippen molar-refractivity contribution in [3.8, 4) is 11.3 Å². The van der Waals surface area contributed by atoms with Gasteiger partial charge in [-0.25, -0.2) is 22.8 Å². The summed E-state index contributed by atoms with van der Waals surface area (Å²) in [6, 6.07) is 10.1. The van der Waals surface area contributed by atoms with E-state index >= 15 is 0 Å². The Morgan fingerprint density at radius 3 is 2.55 bits per heavy atom. The zero-order chi connectivity index (χ0) is 23.0. The average molecular weight is 488 g/mol. The summed E-state index contributed by atoms with van der Waals surface area (Å²) in [6.45, 7) is 2.95. The van der Waals surface area contributed by atoms with Crippen molar-refractivity contribution in [1.29, 1.82) is 0 Å². The number of fused-ring (bicyclic) bond motifs is 1. The number of nitrogens with one attached hydrogen (secondary N) is 1. The van der Waals surface area contributed by atoms with Crippen LogP contribution in [0.3, 0.4) is 0 Å². The standard InChI is InChI=1S/C22H19ClFN5O3S/c23-22-19(27-33(30,31)18-4-1-16(24)2-5-18)11-15(12-26-22)20-13-25-21-6-3-17(14-29(20)21)28-7-9-32-10-8-28/h1-6,11-14,27H,7-10H2. The van der Waals surface area contributed by atoms with Crippen LogP contribution in [0, 0.1) is 5.82 Å². The summed E-state index contributed by atoms with van der Waals surface area (Å²) in [7, 11) is -3.98. The monoisotopic (exact) mass is 487 g/mol. The van der Waals surface area contributed by atoms with Gasteiger partial charge in [-0.05, 0) is 42.5 Å². The van der Waals surface area contributed by atoms with Crippen LogP contribution >= 0.6 is 11.6 Å². The number of imidazole rings is 1. The molecule has 0 atom stereocenters. The molecule has 3 aromatic heterocycles. The van der Waals surface area contributed by atoms with Gasteiger partial charge in [-0.2, -0.15) is 0 Å². The van der Waals surface area contributed by atoms with Crippen LogP contribution in [0.1, 0.15) is 0 Å². The molecule has 0 bridgehead atoms. The number of hydrogen-bond donors (Lipinski definition) is 1. The van der Waals surface area contributed by atoms with E-state index in [0.717, 1.165) is 42.3 Å². The van der Waals surface area contributed by atoms with Crippen LogP contribution in [-0.2, 0) is 14.8 Å². The number of benzene rings is 1. The van der Waals surface area contributed by atoms with Gasteiger partial charge in [0.25, 0.3) is 10.0 Å². The number of aromatic nitrogens is 3. The molecule has 5 rings (SSSR count). The number of sulfonamides is 1. The summed E-state index contributed by atoms with van der Waals surface area (Å²) in [5, 5.41) is -0.00716. The molecule has 0 unspecified atom stereocenters. The first-order valence-corrected chi connectivity index (χ1v) is 12.0. The van der Waals surface area contributed by atoms with Gasteiger partial charge in [0.15, 0.2) is 5.15 Å². The van der Waals surface area contributed by atoms with E-state index in [2.05, 4.69) is 19.6 Å². The van der Waals surface area contributed by atoms with E-state index in [0.29, 0.717) is 18.8 Å². The molecule has 4 heterocycles. The highest BCUT2D eigenvalue weighted by atomic mass is 35.5. The van der Waals surface area contributed by atoms with E-state index in [1.165, 1.54) is 12.1 Å². The minimum absolute atomic E-state index is 0.00716. The summed E-state index contributed by atoms with van der Waals surface area (Å²) in [6.07, 6.45) is 5.24. The number of pyridine rings is 2. The molecule has 1 saturated heterocycles. The van der Waals surface area contributed by atoms with Crippen molar-refractivity contribution in [3.05, 3.63) is 72.0 Å². The molecule has 0 radical (unpaired) electrons. The second-order valence-corrected chi connectivity index (χ2v) is 9.52. The number of ether oxygens (including phenoxy) is 1. The Labute approximate surface area is 194 Å². The molecular formula is C22H19ClFN5O3S. The molecule has 0 aliphatic carbocycles. The van der Waals surface area contributed by atoms with Crippen molar-refractivity contribution in [2.24, 2.45) is 0 Å². The van der Waals surface area contributed by atoms with Crippen LogP contribution in [0.4, 0.5) is 15.8 Å². The molecule has 0 saturated carbocycles. The second-order valence-electron chi connectivity index (χ2n) is 7.48. The zero-order valence-electron chi connectivity index (χ0n) is 17.3. The lowest BCUT2D eigenvalue weighted by Gasteiger charge is -2.28. The smallest absolute Gasteiger partial charge is 0.261 e. The highest BCUT2D eigenvalue weighted by molar-refractivity contribution is 7.92. The first kappa shape index (κ1) is 21.6. The van der Waals surface area contributed by atoms with Gasteiger partial charge in [0, 0.05) is 31.0 Å². The van der Waals surface area contributed by atoms with Gasteiger partial charge in [-0.15, -0.1) is 0 Å². The molecule has 1 N–H and O–H groups in total. The fourth-order valence-electron chi connectivity index (χ4n) is 3.67. The minimum atomic E-state index is -3.98. The largest absolute Gasteiger partial charge is 0.378 e. The second kappa shape index (κ2) is 8.62. The number of anilines is 2. The van der Waals surface area contributed by atoms with Gasteiger partial charge in [-0.1, -0.05) is 11.6 Å². The molecule has 0 spiro atoms. The Bertz CT molecular complexity index is 1420. The lowest BCUT2D eigenvalue weighted by molar-refractivity contribution is 0.122. The normalized spacial score (nSPS) is 14.5. The maximum Gasteiger partial charge on any atom is 0.261 e. The van der Waals surface area contributed by atoms with Crippen molar-refractivity contribution in [2.45, 2.75) is 4.90 Å². The fourth-order valence-corrected chi connectivity index (χ4v) is 4.93. The third-order valence-corrected chi connectivity index (χ3v) is 7.05. The maximum atomic E-state index is 13.2. The third kappa shape index (κ3) is 4.37. The molecule has 170 valence electrons. The van der Waals surface area contributed by atoms with Crippen LogP contribution in [-0.4, -0.2) is 49.1 Å². The number of rotatable bonds is 5. The Morgan fingerprint density at radius 1 is 1.03 bits per heavy atom. The highest BCUT2D eigenvalue weighted by Crippen LogP contribution is 2.30. The van der Waals surface area contributed by atoms with E-state index < -0.39 is 15.8 Å². The predicted molar refractivity (Wildman–Crippen MR) is 124 cm³/mol. The Kier molecular flexibility index (Phi) is 5.65. The van der Waals surface area contributed by atoms with Gasteiger partial charge in [0.05, 0.1) is 41.4 Å². The molecule has 1 fully saturated rings. The molecule has 0 amide bonds. The molecule has 1 aliphatic heterocycles. The van der Waals surface area contributed by atoms with Crippen LogP contribution < -0.4 is 9.62 Å². The molecule has 1 aliphatic rings. The van der Waals surface area contributed by atoms with Gasteiger partial charge >= 0.3 is 0 Å². The van der Waals surface area contributed by atoms with E-state index in [1.807, 2.05) is 22.7 Å². The molecule has 4 aromatic rings. The Hall–Kier alpha value is -3.21. The zero-order valence-corrected chi connectivity index (χ0v) is 18.9. The highest BCUT2D eigenvalue weighted by Gasteiger charge is 2.19. The SMILES string of the molecule is O=S(=O)(Nc1cc(-c2cnc3ccc(N4CCOCC4)cn23)cnc1Cl)c1ccc(F)cc1. The van der Waals surface area contributed by atoms with Crippen LogP contribution in [0.25, 0.3) is 16.9 Å². The van der Waals surface area contributed by atoms with Crippen LogP contribution in [0.5, 0.6) is 0 Å². The maximum absolute atomic E-state index is 13.2. The van der Waals surface area contributed by atoms with E-state index in [1.54, 1.807) is 18.5 Å². The summed E-state index contributed by atoms with van der Waals surface area (Å²) in [5.74, 6) is -0.528. The first-order valence-electron chi connectivity index (χ1n) is 10.1. The van der Waals surface area contributed by atoms with Crippen LogP contribution in [0.15, 0.2) is 66.0 Å². The first-order chi connectivity index (χ1) is 15.9. The third-order valence-electron chi connectivity index (χ3n) is 5.37. The van der Waals surface area contributed by atoms with E-state index in [-0.39, 0.29) is 15.7 Å². The number of morpholine rings is 1. The van der Waals surface area contributed by atoms with Crippen molar-refractivity contribution in [1.82, 2.24) is 14.4 Å². The molecular weight excluding hydrogens is 469 g/mol. The van der Waals surface area contributed by atoms with E-state index in [4.69, 9.17) is 16.3 Å². The van der Waals surface area contributed by atoms with Crippen molar-refractivity contribution in [3.63, 3.8) is 0 Å². The van der Waals surface area contributed by atoms with Crippen molar-refractivity contribution >= 4 is 38.6 Å². The fraction of sp³-hybridized carbons (Fsp3) is 0.182. The quantitative estimate of drug-likeness (QED) is 0.430. The van der Waals surface area contributed by atoms with Gasteiger partial charge in [0.2, 0.25) is 0 Å². The number of hydrogen-bond acceptors (Lipinski definition) is 6. The Morgan fingerprint density at radius 2 is 1.79 bits per heavy atom. The van der Waals surface area contributed by atoms with E-state index in [9.17, 15) is 12.8 Å². The van der Waals surface area contributed by atoms with Crippen LogP contribution in [0.2, 0.25) is 5.15 Å². The summed E-state index contributed by atoms with van der Waals surface area (Å²) >= 11 is 6.18. The summed E-state index contributed by atoms with van der Waals surface area (Å²) in [4.78, 5) is 10.7. The molecule has 33 heavy (non-hydrogen) atoms. The molecule has 8 nitrogen and oxygen atoms in total. The Balaban J connectivity index is 1.50. The summed E-state index contributed by atoms with van der Waals surface area (Å²) in [5.41, 5.74) is 3.24. The van der Waals surface area contributed by atoms with Gasteiger partial charge in [-0.3, -0.25) is 9.12 Å². The average Bonchev–Trinajstić information content (AvgIpc) is 3.24. The predicted octanol–water partition coefficient (Wildman–Crippen LogP) is 3.83. The molecule has 1 aromatic carbocycles. The topological polar surface area (TPSA) is 88.8 Å². The van der Waals surface area contributed by atoms with Gasteiger partial charge in [0.1, 0.15) is 11.5 Å². The van der Waals surface area contributed by atoms with Crippen molar-refractivity contribution in [2.75, 3.05) is 35.9 Å². The lowest BCUT2D eigenvalue weighted by atomic mass is 10.2. The number of nitrogens with zero attached hydrogens (tertiary/aromatic N) is 4. The molecule has 11 heteroatoms. The lowest BCUT2D eigenvalue weighted by Crippen LogP contribution is -2.36. The van der Waals surface area contributed by atoms with Gasteiger partial charge < -0.3 is 9.64 Å². The van der Waals surface area contributed by atoms with Crippen molar-refractivity contribution < 1.29 is 17.5 Å². The minimum Gasteiger partial charge on any atom is -0.378 e. The number of halogens is 2. The summed E-state index contributed by atoms with van der Waals surface area (Å²) < 4.78 is 48.5.